The minimum Gasteiger partial charge on any atom is -0.332 e. The highest BCUT2D eigenvalue weighted by atomic mass is 16.2. The number of aromatic nitrogens is 2. The van der Waals surface area contributed by atoms with Gasteiger partial charge in [0.2, 0.25) is 11.8 Å². The first-order valence-corrected chi connectivity index (χ1v) is 12.6. The summed E-state index contributed by atoms with van der Waals surface area (Å²) in [6.45, 7) is 3.61. The highest BCUT2D eigenvalue weighted by Crippen LogP contribution is 2.38. The Bertz CT molecular complexity index is 842. The Morgan fingerprint density at radius 3 is 2.42 bits per heavy atom. The molecule has 6 nitrogen and oxygen atoms in total. The summed E-state index contributed by atoms with van der Waals surface area (Å²) < 4.78 is 0. The number of hydrogen-bond acceptors (Lipinski definition) is 4. The van der Waals surface area contributed by atoms with Crippen LogP contribution >= 0.6 is 0 Å². The van der Waals surface area contributed by atoms with Crippen LogP contribution in [0.15, 0.2) is 0 Å². The van der Waals surface area contributed by atoms with E-state index in [2.05, 4.69) is 4.90 Å². The van der Waals surface area contributed by atoms with Crippen LogP contribution in [0.5, 0.6) is 0 Å². The Kier molecular flexibility index (Phi) is 5.98. The number of likely N-dealkylation sites (tertiary alicyclic amines) is 1. The number of nitrogens with zero attached hydrogens (tertiary/aromatic N) is 4. The number of hydrogen-bond donors (Lipinski definition) is 0. The summed E-state index contributed by atoms with van der Waals surface area (Å²) in [5.41, 5.74) is 1.91. The fraction of sp³-hybridized carbons (Fsp3) is 0.760. The van der Waals surface area contributed by atoms with Gasteiger partial charge in [-0.2, -0.15) is 0 Å². The summed E-state index contributed by atoms with van der Waals surface area (Å²) >= 11 is 0. The van der Waals surface area contributed by atoms with E-state index in [-0.39, 0.29) is 17.9 Å². The van der Waals surface area contributed by atoms with Crippen molar-refractivity contribution < 1.29 is 9.59 Å². The fourth-order valence-corrected chi connectivity index (χ4v) is 6.23. The Morgan fingerprint density at radius 1 is 0.935 bits per heavy atom. The summed E-state index contributed by atoms with van der Waals surface area (Å²) in [6.07, 6.45) is 14.2. The van der Waals surface area contributed by atoms with Crippen LogP contribution in [0.25, 0.3) is 0 Å². The lowest BCUT2D eigenvalue weighted by Crippen LogP contribution is -2.42. The number of aryl methyl sites for hydroxylation is 1. The lowest BCUT2D eigenvalue weighted by Gasteiger charge is -2.37. The van der Waals surface area contributed by atoms with Crippen molar-refractivity contribution in [1.29, 1.82) is 0 Å². The van der Waals surface area contributed by atoms with Crippen molar-refractivity contribution in [2.24, 2.45) is 11.8 Å². The second-order valence-corrected chi connectivity index (χ2v) is 10.2. The molecule has 0 N–H and O–H groups in total. The van der Waals surface area contributed by atoms with Gasteiger partial charge < -0.3 is 4.90 Å². The van der Waals surface area contributed by atoms with E-state index in [0.29, 0.717) is 18.2 Å². The van der Waals surface area contributed by atoms with Crippen molar-refractivity contribution in [2.45, 2.75) is 96.4 Å². The Labute approximate surface area is 185 Å². The number of carbonyl (C=O) groups is 2. The molecule has 5 rings (SSSR count). The molecule has 31 heavy (non-hydrogen) atoms. The van der Waals surface area contributed by atoms with Gasteiger partial charge in [-0.15, -0.1) is 0 Å². The monoisotopic (exact) mass is 424 g/mol. The molecule has 0 radical (unpaired) electrons. The van der Waals surface area contributed by atoms with Crippen LogP contribution in [0, 0.1) is 18.8 Å². The van der Waals surface area contributed by atoms with Gasteiger partial charge in [0, 0.05) is 30.3 Å². The summed E-state index contributed by atoms with van der Waals surface area (Å²) in [5.74, 6) is 2.82. The topological polar surface area (TPSA) is 66.4 Å². The largest absolute Gasteiger partial charge is 0.332 e. The highest BCUT2D eigenvalue weighted by molar-refractivity contribution is 6.00. The van der Waals surface area contributed by atoms with E-state index >= 15 is 0 Å². The second-order valence-electron chi connectivity index (χ2n) is 10.2. The Hall–Kier alpha value is -1.98. The maximum atomic E-state index is 13.3. The molecule has 4 aliphatic rings. The molecule has 168 valence electrons. The molecule has 1 aromatic heterocycles. The van der Waals surface area contributed by atoms with Crippen LogP contribution in [-0.2, 0) is 16.0 Å². The van der Waals surface area contributed by atoms with Crippen LogP contribution in [0.1, 0.15) is 100 Å². The Morgan fingerprint density at radius 2 is 1.65 bits per heavy atom. The van der Waals surface area contributed by atoms with E-state index < -0.39 is 0 Å². The predicted molar refractivity (Wildman–Crippen MR) is 120 cm³/mol. The zero-order chi connectivity index (χ0) is 21.4. The van der Waals surface area contributed by atoms with Crippen LogP contribution < -0.4 is 4.90 Å². The molecule has 1 aromatic rings. The normalized spacial score (nSPS) is 25.3. The highest BCUT2D eigenvalue weighted by Gasteiger charge is 2.38. The number of carbonyl (C=O) groups excluding carboxylic acids is 2. The fourth-order valence-electron chi connectivity index (χ4n) is 6.23. The molecule has 2 aliphatic carbocycles. The SMILES string of the molecule is Cc1nc([C@H]2CCCCN2C(=O)C2CCCC2)nc2c1CC(=O)N2CC1CCCCC1. The van der Waals surface area contributed by atoms with Gasteiger partial charge in [-0.05, 0) is 57.8 Å². The average Bonchev–Trinajstić information content (AvgIpc) is 3.43. The standard InChI is InChI=1S/C25H36N4O2/c1-17-20-15-22(30)29(16-18-9-3-2-4-10-18)24(20)27-23(26-17)21-13-7-8-14-28(21)25(31)19-11-5-6-12-19/h18-19,21H,2-16H2,1H3/t21-/m1/s1. The van der Waals surface area contributed by atoms with Crippen molar-refractivity contribution in [3.63, 3.8) is 0 Å². The zero-order valence-electron chi connectivity index (χ0n) is 18.9. The van der Waals surface area contributed by atoms with Gasteiger partial charge in [0.25, 0.3) is 0 Å². The van der Waals surface area contributed by atoms with E-state index in [4.69, 9.17) is 9.97 Å². The van der Waals surface area contributed by atoms with Crippen LogP contribution in [0.2, 0.25) is 0 Å². The molecule has 0 spiro atoms. The van der Waals surface area contributed by atoms with E-state index in [9.17, 15) is 9.59 Å². The Balaban J connectivity index is 1.42. The first-order chi connectivity index (χ1) is 15.1. The van der Waals surface area contributed by atoms with E-state index in [1.54, 1.807) is 0 Å². The van der Waals surface area contributed by atoms with Crippen LogP contribution in [-0.4, -0.2) is 39.8 Å². The molecule has 6 heteroatoms. The van der Waals surface area contributed by atoms with Crippen molar-refractivity contribution in [3.05, 3.63) is 17.1 Å². The lowest BCUT2D eigenvalue weighted by molar-refractivity contribution is -0.139. The summed E-state index contributed by atoms with van der Waals surface area (Å²) in [5, 5.41) is 0. The number of fused-ring (bicyclic) bond motifs is 1. The summed E-state index contributed by atoms with van der Waals surface area (Å²) in [7, 11) is 0. The van der Waals surface area contributed by atoms with Gasteiger partial charge in [0.05, 0.1) is 12.5 Å². The molecule has 3 heterocycles. The number of piperidine rings is 1. The molecular weight excluding hydrogens is 388 g/mol. The van der Waals surface area contributed by atoms with Crippen LogP contribution in [0.4, 0.5) is 5.82 Å². The predicted octanol–water partition coefficient (Wildman–Crippen LogP) is 4.50. The summed E-state index contributed by atoms with van der Waals surface area (Å²) in [6, 6.07) is -0.0434. The second kappa shape index (κ2) is 8.87. The first-order valence-electron chi connectivity index (χ1n) is 12.6. The molecule has 2 aliphatic heterocycles. The van der Waals surface area contributed by atoms with Gasteiger partial charge in [0.1, 0.15) is 5.82 Å². The van der Waals surface area contributed by atoms with Gasteiger partial charge >= 0.3 is 0 Å². The number of rotatable bonds is 4. The number of anilines is 1. The van der Waals surface area contributed by atoms with E-state index in [1.165, 1.54) is 44.9 Å². The molecule has 0 bridgehead atoms. The van der Waals surface area contributed by atoms with Gasteiger partial charge in [-0.1, -0.05) is 32.1 Å². The van der Waals surface area contributed by atoms with Gasteiger partial charge in [0.15, 0.2) is 5.82 Å². The third kappa shape index (κ3) is 4.10. The molecule has 0 aromatic carbocycles. The maximum absolute atomic E-state index is 13.3. The molecule has 1 saturated heterocycles. The third-order valence-corrected chi connectivity index (χ3v) is 8.05. The first kappa shape index (κ1) is 20.9. The van der Waals surface area contributed by atoms with Gasteiger partial charge in [-0.3, -0.25) is 14.5 Å². The van der Waals surface area contributed by atoms with Crippen molar-refractivity contribution in [1.82, 2.24) is 14.9 Å². The van der Waals surface area contributed by atoms with E-state index in [0.717, 1.165) is 68.1 Å². The smallest absolute Gasteiger partial charge is 0.232 e. The molecule has 2 saturated carbocycles. The number of amides is 2. The molecular formula is C25H36N4O2. The quantitative estimate of drug-likeness (QED) is 0.714. The maximum Gasteiger partial charge on any atom is 0.232 e. The lowest BCUT2D eigenvalue weighted by atomic mass is 9.89. The minimum absolute atomic E-state index is 0.0434. The van der Waals surface area contributed by atoms with Crippen molar-refractivity contribution in [3.8, 4) is 0 Å². The van der Waals surface area contributed by atoms with Crippen molar-refractivity contribution >= 4 is 17.6 Å². The van der Waals surface area contributed by atoms with Crippen LogP contribution in [0.3, 0.4) is 0 Å². The average molecular weight is 425 g/mol. The zero-order valence-corrected chi connectivity index (χ0v) is 18.9. The molecule has 0 unspecified atom stereocenters. The van der Waals surface area contributed by atoms with E-state index in [1.807, 2.05) is 11.8 Å². The summed E-state index contributed by atoms with van der Waals surface area (Å²) in [4.78, 5) is 40.0. The molecule has 1 atom stereocenters. The van der Waals surface area contributed by atoms with Crippen molar-refractivity contribution in [2.75, 3.05) is 18.0 Å². The minimum atomic E-state index is -0.0434. The third-order valence-electron chi connectivity index (χ3n) is 8.05. The molecule has 2 amide bonds. The molecule has 3 fully saturated rings. The van der Waals surface area contributed by atoms with Gasteiger partial charge in [-0.25, -0.2) is 9.97 Å².